The molecule has 0 spiro atoms. The van der Waals surface area contributed by atoms with Crippen LogP contribution in [0.25, 0.3) is 0 Å². The molecule has 0 aliphatic carbocycles. The predicted molar refractivity (Wildman–Crippen MR) is 49.9 cm³/mol. The Balaban J connectivity index is 2.80. The van der Waals surface area contributed by atoms with Gasteiger partial charge in [0.25, 0.3) is 0 Å². The first-order valence-corrected chi connectivity index (χ1v) is 5.29. The molecule has 0 aromatic carbocycles. The van der Waals surface area contributed by atoms with Crippen molar-refractivity contribution in [2.75, 3.05) is 18.1 Å². The van der Waals surface area contributed by atoms with E-state index < -0.39 is 0 Å². The summed E-state index contributed by atoms with van der Waals surface area (Å²) >= 11 is 1.85. The molecule has 0 saturated heterocycles. The largest absolute Gasteiger partial charge is 0.396 e. The van der Waals surface area contributed by atoms with E-state index in [4.69, 9.17) is 10.2 Å². The average Bonchev–Trinajstić information content (AvgIpc) is 1.96. The zero-order chi connectivity index (χ0) is 8.53. The Morgan fingerprint density at radius 2 is 2.00 bits per heavy atom. The molecule has 0 saturated carbocycles. The Labute approximate surface area is 73.0 Å². The van der Waals surface area contributed by atoms with Gasteiger partial charge in [-0.15, -0.1) is 0 Å². The van der Waals surface area contributed by atoms with E-state index in [1.807, 2.05) is 18.7 Å². The maximum Gasteiger partial charge on any atom is 0.0520 e. The molecule has 1 atom stereocenters. The van der Waals surface area contributed by atoms with Gasteiger partial charge in [-0.25, -0.2) is 0 Å². The summed E-state index contributed by atoms with van der Waals surface area (Å²) in [7, 11) is 0. The van der Waals surface area contributed by atoms with Crippen LogP contribution in [-0.4, -0.2) is 34.4 Å². The molecule has 1 unspecified atom stereocenters. The molecule has 3 heteroatoms. The van der Waals surface area contributed by atoms with Crippen molar-refractivity contribution in [3.05, 3.63) is 0 Å². The Kier molecular flexibility index (Phi) is 8.57. The lowest BCUT2D eigenvalue weighted by Crippen LogP contribution is -2.00. The fraction of sp³-hybridized carbons (Fsp3) is 1.00. The number of hydrogen-bond acceptors (Lipinski definition) is 3. The average molecular weight is 178 g/mol. The van der Waals surface area contributed by atoms with Crippen LogP contribution in [0.4, 0.5) is 0 Å². The molecule has 0 aromatic heterocycles. The molecule has 0 heterocycles. The lowest BCUT2D eigenvalue weighted by molar-refractivity contribution is 0.192. The first-order valence-electron chi connectivity index (χ1n) is 4.14. The monoisotopic (exact) mass is 178 g/mol. The van der Waals surface area contributed by atoms with Crippen LogP contribution in [0, 0.1) is 0 Å². The highest BCUT2D eigenvalue weighted by Gasteiger charge is 1.94. The van der Waals surface area contributed by atoms with Gasteiger partial charge in [-0.1, -0.05) is 0 Å². The van der Waals surface area contributed by atoms with Crippen molar-refractivity contribution in [3.8, 4) is 0 Å². The van der Waals surface area contributed by atoms with Gasteiger partial charge in [0.05, 0.1) is 6.10 Å². The fourth-order valence-corrected chi connectivity index (χ4v) is 1.79. The maximum atomic E-state index is 8.90. The van der Waals surface area contributed by atoms with Gasteiger partial charge >= 0.3 is 0 Å². The summed E-state index contributed by atoms with van der Waals surface area (Å²) < 4.78 is 0. The van der Waals surface area contributed by atoms with Crippen molar-refractivity contribution in [3.63, 3.8) is 0 Å². The first-order chi connectivity index (χ1) is 5.27. The van der Waals surface area contributed by atoms with Gasteiger partial charge in [-0.2, -0.15) is 11.8 Å². The number of rotatable bonds is 7. The first kappa shape index (κ1) is 11.3. The number of aliphatic hydroxyl groups excluding tert-OH is 2. The number of thioether (sulfide) groups is 1. The third-order valence-corrected chi connectivity index (χ3v) is 2.48. The van der Waals surface area contributed by atoms with Gasteiger partial charge in [0, 0.05) is 6.61 Å². The summed E-state index contributed by atoms with van der Waals surface area (Å²) in [5.41, 5.74) is 0. The minimum Gasteiger partial charge on any atom is -0.396 e. The fourth-order valence-electron chi connectivity index (χ4n) is 0.672. The zero-order valence-corrected chi connectivity index (χ0v) is 7.94. The predicted octanol–water partition coefficient (Wildman–Crippen LogP) is 1.26. The Morgan fingerprint density at radius 1 is 1.27 bits per heavy atom. The van der Waals surface area contributed by atoms with Crippen molar-refractivity contribution in [2.45, 2.75) is 32.3 Å². The van der Waals surface area contributed by atoms with Crippen LogP contribution in [0.1, 0.15) is 26.2 Å². The van der Waals surface area contributed by atoms with E-state index in [1.54, 1.807) is 0 Å². The van der Waals surface area contributed by atoms with Gasteiger partial charge in [0.15, 0.2) is 0 Å². The lowest BCUT2D eigenvalue weighted by atomic mass is 10.3. The molecule has 68 valence electrons. The highest BCUT2D eigenvalue weighted by Crippen LogP contribution is 2.07. The van der Waals surface area contributed by atoms with E-state index in [0.29, 0.717) is 6.61 Å². The van der Waals surface area contributed by atoms with Crippen LogP contribution in [0.15, 0.2) is 0 Å². The summed E-state index contributed by atoms with van der Waals surface area (Å²) in [5.74, 6) is 2.14. The molecule has 0 radical (unpaired) electrons. The highest BCUT2D eigenvalue weighted by molar-refractivity contribution is 7.99. The molecule has 0 fully saturated rings. The standard InChI is InChI=1S/C8H18O2S/c1-8(10)4-7-11-6-3-2-5-9/h8-10H,2-7H2,1H3. The third-order valence-electron chi connectivity index (χ3n) is 1.38. The van der Waals surface area contributed by atoms with E-state index in [9.17, 15) is 0 Å². The van der Waals surface area contributed by atoms with E-state index in [0.717, 1.165) is 30.8 Å². The lowest BCUT2D eigenvalue weighted by Gasteiger charge is -2.02. The van der Waals surface area contributed by atoms with Gasteiger partial charge in [0.2, 0.25) is 0 Å². The van der Waals surface area contributed by atoms with Gasteiger partial charge in [-0.3, -0.25) is 0 Å². The van der Waals surface area contributed by atoms with Crippen molar-refractivity contribution in [1.82, 2.24) is 0 Å². The van der Waals surface area contributed by atoms with Gasteiger partial charge < -0.3 is 10.2 Å². The molecule has 2 N–H and O–H groups in total. The molecule has 0 aromatic rings. The van der Waals surface area contributed by atoms with Crippen molar-refractivity contribution < 1.29 is 10.2 Å². The molecule has 0 bridgehead atoms. The Morgan fingerprint density at radius 3 is 2.55 bits per heavy atom. The maximum absolute atomic E-state index is 8.90. The Bertz CT molecular complexity index is 76.5. The topological polar surface area (TPSA) is 40.5 Å². The minimum absolute atomic E-state index is 0.166. The second-order valence-electron chi connectivity index (χ2n) is 2.68. The number of unbranched alkanes of at least 4 members (excludes halogenated alkanes) is 1. The highest BCUT2D eigenvalue weighted by atomic mass is 32.2. The number of aliphatic hydroxyl groups is 2. The van der Waals surface area contributed by atoms with Crippen LogP contribution in [0.3, 0.4) is 0 Å². The molecule has 11 heavy (non-hydrogen) atoms. The second-order valence-corrected chi connectivity index (χ2v) is 3.91. The quantitative estimate of drug-likeness (QED) is 0.577. The zero-order valence-electron chi connectivity index (χ0n) is 7.12. The third kappa shape index (κ3) is 10.3. The van der Waals surface area contributed by atoms with Crippen molar-refractivity contribution in [1.29, 1.82) is 0 Å². The van der Waals surface area contributed by atoms with Crippen LogP contribution in [0.2, 0.25) is 0 Å². The van der Waals surface area contributed by atoms with Crippen LogP contribution in [-0.2, 0) is 0 Å². The van der Waals surface area contributed by atoms with Crippen LogP contribution in [0.5, 0.6) is 0 Å². The normalized spacial score (nSPS) is 13.4. The molecule has 0 amide bonds. The van der Waals surface area contributed by atoms with Crippen LogP contribution < -0.4 is 0 Å². The van der Waals surface area contributed by atoms with E-state index in [-0.39, 0.29) is 6.10 Å². The summed E-state index contributed by atoms with van der Waals surface area (Å²) in [5, 5.41) is 17.4. The molecular weight excluding hydrogens is 160 g/mol. The number of hydrogen-bond donors (Lipinski definition) is 2. The van der Waals surface area contributed by atoms with Gasteiger partial charge in [-0.05, 0) is 37.7 Å². The van der Waals surface area contributed by atoms with Crippen molar-refractivity contribution in [2.24, 2.45) is 0 Å². The SMILES string of the molecule is CC(O)CCSCCCCO. The van der Waals surface area contributed by atoms with E-state index in [2.05, 4.69) is 0 Å². The summed E-state index contributed by atoms with van der Waals surface area (Å²) in [6.07, 6.45) is 2.70. The summed E-state index contributed by atoms with van der Waals surface area (Å²) in [4.78, 5) is 0. The van der Waals surface area contributed by atoms with Crippen molar-refractivity contribution >= 4 is 11.8 Å². The van der Waals surface area contributed by atoms with Gasteiger partial charge in [0.1, 0.15) is 0 Å². The summed E-state index contributed by atoms with van der Waals surface area (Å²) in [6, 6.07) is 0. The Hall–Kier alpha value is 0.270. The summed E-state index contributed by atoms with van der Waals surface area (Å²) in [6.45, 7) is 2.12. The molecule has 0 rings (SSSR count). The molecular formula is C8H18O2S. The van der Waals surface area contributed by atoms with Crippen LogP contribution >= 0.6 is 11.8 Å². The molecule has 0 aliphatic heterocycles. The van der Waals surface area contributed by atoms with E-state index in [1.165, 1.54) is 0 Å². The molecule has 0 aliphatic rings. The second kappa shape index (κ2) is 8.37. The smallest absolute Gasteiger partial charge is 0.0520 e. The minimum atomic E-state index is -0.166. The van der Waals surface area contributed by atoms with E-state index >= 15 is 0 Å². The molecule has 2 nitrogen and oxygen atoms in total.